The molecule has 1 aromatic heterocycles. The minimum absolute atomic E-state index is 0.520. The molecule has 2 aromatic rings. The highest BCUT2D eigenvalue weighted by atomic mass is 15.1. The molecule has 1 aliphatic heterocycles. The highest BCUT2D eigenvalue weighted by Crippen LogP contribution is 2.49. The zero-order chi connectivity index (χ0) is 15.9. The summed E-state index contributed by atoms with van der Waals surface area (Å²) in [6, 6.07) is 9.53. The van der Waals surface area contributed by atoms with E-state index >= 15 is 0 Å². The molecule has 2 aliphatic carbocycles. The number of hydrogen-bond donors (Lipinski definition) is 0. The number of rotatable bonds is 4. The minimum atomic E-state index is 0.520. The van der Waals surface area contributed by atoms with Crippen LogP contribution in [0.2, 0.25) is 0 Å². The van der Waals surface area contributed by atoms with E-state index in [0.29, 0.717) is 6.04 Å². The Hall–Kier alpha value is -1.57. The molecule has 2 nitrogen and oxygen atoms in total. The molecule has 2 heterocycles. The summed E-state index contributed by atoms with van der Waals surface area (Å²) in [6.07, 6.45) is 17.2. The van der Waals surface area contributed by atoms with Gasteiger partial charge < -0.3 is 4.57 Å². The minimum Gasteiger partial charge on any atom is -0.323 e. The molecule has 2 fully saturated rings. The summed E-state index contributed by atoms with van der Waals surface area (Å²) in [5.41, 5.74) is 4.28. The highest BCUT2D eigenvalue weighted by Gasteiger charge is 2.38. The second-order valence-corrected chi connectivity index (χ2v) is 8.28. The lowest BCUT2D eigenvalue weighted by Crippen LogP contribution is -2.32. The molecule has 0 radical (unpaired) electrons. The molecule has 2 saturated carbocycles. The molecule has 0 saturated heterocycles. The normalized spacial score (nSPS) is 25.1. The van der Waals surface area contributed by atoms with Crippen molar-refractivity contribution in [3.05, 3.63) is 42.4 Å². The number of benzene rings is 1. The van der Waals surface area contributed by atoms with E-state index in [1.165, 1.54) is 74.6 Å². The second kappa shape index (κ2) is 6.06. The summed E-state index contributed by atoms with van der Waals surface area (Å²) in [5, 5.41) is 0. The van der Waals surface area contributed by atoms with E-state index < -0.39 is 0 Å². The van der Waals surface area contributed by atoms with Crippen LogP contribution < -0.4 is 0 Å². The fraction of sp³-hybridized carbons (Fsp3) is 0.591. The van der Waals surface area contributed by atoms with E-state index in [1.807, 2.05) is 0 Å². The first-order valence-corrected chi connectivity index (χ1v) is 10.0. The Morgan fingerprint density at radius 1 is 0.958 bits per heavy atom. The topological polar surface area (TPSA) is 17.8 Å². The lowest BCUT2D eigenvalue weighted by Gasteiger charge is -2.42. The van der Waals surface area contributed by atoms with Crippen molar-refractivity contribution in [2.24, 2.45) is 17.8 Å². The van der Waals surface area contributed by atoms with Gasteiger partial charge in [-0.3, -0.25) is 0 Å². The van der Waals surface area contributed by atoms with Crippen LogP contribution in [-0.4, -0.2) is 9.55 Å². The van der Waals surface area contributed by atoms with Crippen LogP contribution in [0.5, 0.6) is 0 Å². The van der Waals surface area contributed by atoms with Gasteiger partial charge in [0.05, 0.1) is 24.3 Å². The first-order valence-electron chi connectivity index (χ1n) is 10.0. The van der Waals surface area contributed by atoms with Crippen LogP contribution in [-0.2, 0) is 0 Å². The largest absolute Gasteiger partial charge is 0.323 e. The lowest BCUT2D eigenvalue weighted by molar-refractivity contribution is 0.0994. The fourth-order valence-electron chi connectivity index (χ4n) is 5.63. The number of aromatic nitrogens is 2. The average Bonchev–Trinajstić information content (AvgIpc) is 3.16. The Labute approximate surface area is 145 Å². The molecule has 0 amide bonds. The summed E-state index contributed by atoms with van der Waals surface area (Å²) in [7, 11) is 0. The predicted octanol–water partition coefficient (Wildman–Crippen LogP) is 5.84. The van der Waals surface area contributed by atoms with Crippen LogP contribution in [0.4, 0.5) is 0 Å². The third kappa shape index (κ3) is 2.34. The van der Waals surface area contributed by atoms with Gasteiger partial charge >= 0.3 is 0 Å². The lowest BCUT2D eigenvalue weighted by atomic mass is 9.65. The number of imidazole rings is 1. The van der Waals surface area contributed by atoms with E-state index in [9.17, 15) is 0 Å². The van der Waals surface area contributed by atoms with Gasteiger partial charge in [0.2, 0.25) is 0 Å². The Morgan fingerprint density at radius 3 is 2.46 bits per heavy atom. The summed E-state index contributed by atoms with van der Waals surface area (Å²) < 4.78 is 2.46. The molecular weight excluding hydrogens is 292 g/mol. The van der Waals surface area contributed by atoms with Gasteiger partial charge in [-0.15, -0.1) is 0 Å². The van der Waals surface area contributed by atoms with Crippen LogP contribution >= 0.6 is 0 Å². The Balaban J connectivity index is 1.46. The second-order valence-electron chi connectivity index (χ2n) is 8.28. The van der Waals surface area contributed by atoms with E-state index in [-0.39, 0.29) is 0 Å². The van der Waals surface area contributed by atoms with E-state index in [0.717, 1.165) is 17.8 Å². The molecule has 0 bridgehead atoms. The van der Waals surface area contributed by atoms with Gasteiger partial charge in [-0.25, -0.2) is 4.98 Å². The summed E-state index contributed by atoms with van der Waals surface area (Å²) in [4.78, 5) is 4.45. The van der Waals surface area contributed by atoms with Gasteiger partial charge in [0.25, 0.3) is 0 Å². The zero-order valence-corrected chi connectivity index (χ0v) is 14.5. The fourth-order valence-corrected chi connectivity index (χ4v) is 5.63. The maximum Gasteiger partial charge on any atom is 0.0956 e. The quantitative estimate of drug-likeness (QED) is 0.692. The molecular formula is C22H28N2. The SMILES string of the molecule is c1ccc2c(c1)-c1cncn1C2CC(C1CCCCC1)C1CCC1. The van der Waals surface area contributed by atoms with Crippen molar-refractivity contribution in [3.8, 4) is 11.3 Å². The van der Waals surface area contributed by atoms with Crippen molar-refractivity contribution >= 4 is 0 Å². The van der Waals surface area contributed by atoms with Gasteiger partial charge in [-0.05, 0) is 29.7 Å². The van der Waals surface area contributed by atoms with Crippen LogP contribution in [0, 0.1) is 17.8 Å². The standard InChI is InChI=1S/C22H28N2/c1-2-7-16(8-3-1)20(17-9-6-10-17)13-21-18-11-4-5-12-19(18)22-14-23-15-24(21)22/h4-5,11-12,14-17,20-21H,1-3,6-10,13H2. The molecule has 0 spiro atoms. The van der Waals surface area contributed by atoms with Crippen molar-refractivity contribution in [2.45, 2.75) is 63.8 Å². The van der Waals surface area contributed by atoms with Gasteiger partial charge in [-0.2, -0.15) is 0 Å². The Bertz CT molecular complexity index is 706. The van der Waals surface area contributed by atoms with Crippen LogP contribution in [0.1, 0.15) is 69.4 Å². The maximum absolute atomic E-state index is 4.45. The van der Waals surface area contributed by atoms with Gasteiger partial charge in [0.15, 0.2) is 0 Å². The van der Waals surface area contributed by atoms with Crippen molar-refractivity contribution in [1.29, 1.82) is 0 Å². The first-order chi connectivity index (χ1) is 11.9. The molecule has 2 heteroatoms. The van der Waals surface area contributed by atoms with E-state index in [2.05, 4.69) is 46.3 Å². The monoisotopic (exact) mass is 320 g/mol. The Morgan fingerprint density at radius 2 is 1.71 bits per heavy atom. The van der Waals surface area contributed by atoms with E-state index in [1.54, 1.807) is 0 Å². The van der Waals surface area contributed by atoms with Crippen molar-refractivity contribution in [1.82, 2.24) is 9.55 Å². The third-order valence-electron chi connectivity index (χ3n) is 7.10. The molecule has 0 N–H and O–H groups in total. The molecule has 3 aliphatic rings. The van der Waals surface area contributed by atoms with Gasteiger partial charge in [-0.1, -0.05) is 75.6 Å². The molecule has 2 atom stereocenters. The van der Waals surface area contributed by atoms with E-state index in [4.69, 9.17) is 0 Å². The number of nitrogens with zero attached hydrogens (tertiary/aromatic N) is 2. The average molecular weight is 320 g/mol. The molecule has 24 heavy (non-hydrogen) atoms. The molecule has 5 rings (SSSR count). The van der Waals surface area contributed by atoms with Crippen molar-refractivity contribution < 1.29 is 0 Å². The zero-order valence-electron chi connectivity index (χ0n) is 14.5. The molecule has 126 valence electrons. The van der Waals surface area contributed by atoms with Gasteiger partial charge in [0, 0.05) is 5.56 Å². The van der Waals surface area contributed by atoms with Crippen molar-refractivity contribution in [3.63, 3.8) is 0 Å². The number of fused-ring (bicyclic) bond motifs is 3. The maximum atomic E-state index is 4.45. The molecule has 2 unspecified atom stereocenters. The highest BCUT2D eigenvalue weighted by molar-refractivity contribution is 5.68. The first kappa shape index (κ1) is 14.7. The third-order valence-corrected chi connectivity index (χ3v) is 7.10. The Kier molecular flexibility index (Phi) is 3.72. The van der Waals surface area contributed by atoms with Gasteiger partial charge in [0.1, 0.15) is 0 Å². The summed E-state index contributed by atoms with van der Waals surface area (Å²) in [6.45, 7) is 0. The molecule has 1 aromatic carbocycles. The predicted molar refractivity (Wildman–Crippen MR) is 97.8 cm³/mol. The van der Waals surface area contributed by atoms with Crippen molar-refractivity contribution in [2.75, 3.05) is 0 Å². The van der Waals surface area contributed by atoms with Crippen LogP contribution in [0.25, 0.3) is 11.3 Å². The smallest absolute Gasteiger partial charge is 0.0956 e. The van der Waals surface area contributed by atoms with Crippen LogP contribution in [0.3, 0.4) is 0 Å². The summed E-state index contributed by atoms with van der Waals surface area (Å²) >= 11 is 0. The number of hydrogen-bond acceptors (Lipinski definition) is 1. The van der Waals surface area contributed by atoms with Crippen LogP contribution in [0.15, 0.2) is 36.8 Å². The summed E-state index contributed by atoms with van der Waals surface area (Å²) in [5.74, 6) is 2.89.